The highest BCUT2D eigenvalue weighted by Gasteiger charge is 2.31. The minimum atomic E-state index is -4.74. The maximum atomic E-state index is 12.5. The van der Waals surface area contributed by atoms with E-state index in [1.807, 2.05) is 18.2 Å². The summed E-state index contributed by atoms with van der Waals surface area (Å²) in [6, 6.07) is 17.8. The molecule has 0 atom stereocenters. The summed E-state index contributed by atoms with van der Waals surface area (Å²) in [6.07, 6.45) is -2.22. The highest BCUT2D eigenvalue weighted by molar-refractivity contribution is 7.80. The summed E-state index contributed by atoms with van der Waals surface area (Å²) in [5.41, 5.74) is 8.61. The van der Waals surface area contributed by atoms with Crippen molar-refractivity contribution in [1.29, 1.82) is 0 Å². The summed E-state index contributed by atoms with van der Waals surface area (Å²) >= 11 is 5.59. The van der Waals surface area contributed by atoms with Crippen molar-refractivity contribution in [2.45, 2.75) is 33.2 Å². The molecule has 5 nitrogen and oxygen atoms in total. The van der Waals surface area contributed by atoms with Crippen LogP contribution in [0.5, 0.6) is 11.5 Å². The Morgan fingerprint density at radius 3 is 2.51 bits per heavy atom. The zero-order chi connectivity index (χ0) is 27.7. The van der Waals surface area contributed by atoms with Gasteiger partial charge in [-0.3, -0.25) is 9.67 Å². The molecule has 0 bridgehead atoms. The first kappa shape index (κ1) is 26.6. The number of hydrogen-bond donors (Lipinski definition) is 0. The Bertz CT molecular complexity index is 1550. The van der Waals surface area contributed by atoms with Crippen LogP contribution in [-0.2, 0) is 20.1 Å². The first-order valence-electron chi connectivity index (χ1n) is 12.3. The number of aromatic nitrogens is 2. The van der Waals surface area contributed by atoms with E-state index >= 15 is 0 Å². The van der Waals surface area contributed by atoms with E-state index in [0.29, 0.717) is 17.9 Å². The topological polar surface area (TPSA) is 48.6 Å². The predicted molar refractivity (Wildman–Crippen MR) is 150 cm³/mol. The number of nitrogens with zero attached hydrogens (tertiary/aromatic N) is 3. The molecule has 9 heteroatoms. The molecule has 5 rings (SSSR count). The molecule has 1 aliphatic heterocycles. The van der Waals surface area contributed by atoms with Gasteiger partial charge in [0, 0.05) is 41.2 Å². The van der Waals surface area contributed by atoms with Crippen LogP contribution in [0.2, 0.25) is 0 Å². The van der Waals surface area contributed by atoms with Crippen molar-refractivity contribution in [2.24, 2.45) is 12.0 Å². The average molecular weight is 550 g/mol. The van der Waals surface area contributed by atoms with Crippen molar-refractivity contribution in [3.8, 4) is 34.0 Å². The van der Waals surface area contributed by atoms with Crippen LogP contribution in [0.4, 0.5) is 13.2 Å². The van der Waals surface area contributed by atoms with Crippen LogP contribution in [0, 0.1) is 13.8 Å². The Hall–Kier alpha value is -3.98. The van der Waals surface area contributed by atoms with Crippen LogP contribution in [0.3, 0.4) is 0 Å². The second kappa shape index (κ2) is 10.6. The monoisotopic (exact) mass is 549 g/mol. The zero-order valence-electron chi connectivity index (χ0n) is 21.7. The van der Waals surface area contributed by atoms with E-state index < -0.39 is 6.36 Å². The summed E-state index contributed by atoms with van der Waals surface area (Å²) < 4.78 is 49.3. The highest BCUT2D eigenvalue weighted by Crippen LogP contribution is 2.41. The minimum Gasteiger partial charge on any atom is -0.488 e. The Morgan fingerprint density at radius 2 is 1.82 bits per heavy atom. The number of thiocarbonyl (C=S) groups is 1. The van der Waals surface area contributed by atoms with Crippen molar-refractivity contribution in [3.05, 3.63) is 88.5 Å². The van der Waals surface area contributed by atoms with Crippen LogP contribution < -0.4 is 9.47 Å². The largest absolute Gasteiger partial charge is 0.573 e. The van der Waals surface area contributed by atoms with E-state index in [4.69, 9.17) is 22.1 Å². The lowest BCUT2D eigenvalue weighted by atomic mass is 9.98. The molecule has 39 heavy (non-hydrogen) atoms. The number of ether oxygens (including phenoxy) is 2. The smallest absolute Gasteiger partial charge is 0.488 e. The van der Waals surface area contributed by atoms with Gasteiger partial charge in [-0.15, -0.1) is 13.2 Å². The van der Waals surface area contributed by atoms with Gasteiger partial charge >= 0.3 is 6.36 Å². The zero-order valence-corrected chi connectivity index (χ0v) is 22.5. The number of alkyl halides is 3. The van der Waals surface area contributed by atoms with Crippen molar-refractivity contribution in [2.75, 3.05) is 6.54 Å². The SMILES string of the molecule is Cc1cccc(C)c1CC(=S)CN=Cc1ccc2c(c1)OCc1c-2nn(C)c1-c1ccc(OC(F)(F)F)cc1. The molecule has 1 aliphatic rings. The first-order valence-corrected chi connectivity index (χ1v) is 12.8. The van der Waals surface area contributed by atoms with Gasteiger partial charge in [0.05, 0.1) is 12.2 Å². The Morgan fingerprint density at radius 1 is 1.10 bits per heavy atom. The lowest BCUT2D eigenvalue weighted by Crippen LogP contribution is -2.17. The number of halogens is 3. The minimum absolute atomic E-state index is 0.274. The molecule has 4 aromatic rings. The third kappa shape index (κ3) is 5.88. The maximum absolute atomic E-state index is 12.5. The molecule has 0 N–H and O–H groups in total. The summed E-state index contributed by atoms with van der Waals surface area (Å²) in [7, 11) is 1.80. The average Bonchev–Trinajstić information content (AvgIpc) is 3.22. The van der Waals surface area contributed by atoms with E-state index in [-0.39, 0.29) is 12.4 Å². The molecule has 0 unspecified atom stereocenters. The third-order valence-electron chi connectivity index (χ3n) is 6.67. The number of benzene rings is 3. The van der Waals surface area contributed by atoms with Gasteiger partial charge in [0.2, 0.25) is 0 Å². The predicted octanol–water partition coefficient (Wildman–Crippen LogP) is 7.19. The first-order chi connectivity index (χ1) is 18.6. The number of aryl methyl sites for hydroxylation is 3. The fourth-order valence-corrected chi connectivity index (χ4v) is 5.03. The Kier molecular flexibility index (Phi) is 7.27. The number of fused-ring (bicyclic) bond motifs is 3. The van der Waals surface area contributed by atoms with Crippen LogP contribution in [0.1, 0.15) is 27.8 Å². The molecular formula is C30H26F3N3O2S. The molecule has 0 saturated heterocycles. The van der Waals surface area contributed by atoms with E-state index in [1.165, 1.54) is 28.8 Å². The standard InChI is InChI=1S/C30H26F3N3O2S/c1-18-5-4-6-19(2)25(18)14-23(39)16-34-15-20-7-12-24-27(13-20)37-17-26-28(24)35-36(3)29(26)21-8-10-22(11-9-21)38-30(31,32)33/h4-13,15H,14,16-17H2,1-3H3. The van der Waals surface area contributed by atoms with Gasteiger partial charge in [-0.25, -0.2) is 0 Å². The molecule has 1 aromatic heterocycles. The molecule has 0 aliphatic carbocycles. The van der Waals surface area contributed by atoms with E-state index in [1.54, 1.807) is 30.1 Å². The second-order valence-electron chi connectivity index (χ2n) is 9.47. The van der Waals surface area contributed by atoms with Crippen molar-refractivity contribution in [1.82, 2.24) is 9.78 Å². The number of aliphatic imine (C=N–C) groups is 1. The molecule has 0 fully saturated rings. The maximum Gasteiger partial charge on any atom is 0.573 e. The normalized spacial score (nSPS) is 12.7. The van der Waals surface area contributed by atoms with Crippen molar-refractivity contribution in [3.63, 3.8) is 0 Å². The molecule has 200 valence electrons. The number of rotatable bonds is 7. The third-order valence-corrected chi connectivity index (χ3v) is 6.94. The van der Waals surface area contributed by atoms with Gasteiger partial charge in [-0.05, 0) is 72.5 Å². The molecule has 2 heterocycles. The van der Waals surface area contributed by atoms with Gasteiger partial charge in [0.1, 0.15) is 23.8 Å². The van der Waals surface area contributed by atoms with Gasteiger partial charge in [0.25, 0.3) is 0 Å². The van der Waals surface area contributed by atoms with Gasteiger partial charge in [-0.2, -0.15) is 5.10 Å². The van der Waals surface area contributed by atoms with Crippen LogP contribution in [0.25, 0.3) is 22.5 Å². The van der Waals surface area contributed by atoms with E-state index in [9.17, 15) is 13.2 Å². The molecule has 3 aromatic carbocycles. The number of hydrogen-bond acceptors (Lipinski definition) is 5. The van der Waals surface area contributed by atoms with Crippen LogP contribution in [-0.4, -0.2) is 33.8 Å². The second-order valence-corrected chi connectivity index (χ2v) is 10.0. The van der Waals surface area contributed by atoms with Gasteiger partial charge < -0.3 is 9.47 Å². The molecule has 0 saturated carbocycles. The lowest BCUT2D eigenvalue weighted by molar-refractivity contribution is -0.274. The summed E-state index contributed by atoms with van der Waals surface area (Å²) in [5, 5.41) is 4.69. The Balaban J connectivity index is 1.31. The summed E-state index contributed by atoms with van der Waals surface area (Å²) in [5.74, 6) is 0.423. The molecule has 0 radical (unpaired) electrons. The molecule has 0 amide bonds. The lowest BCUT2D eigenvalue weighted by Gasteiger charge is -2.18. The summed E-state index contributed by atoms with van der Waals surface area (Å²) in [6.45, 7) is 4.94. The summed E-state index contributed by atoms with van der Waals surface area (Å²) in [4.78, 5) is 5.43. The molecule has 0 spiro atoms. The van der Waals surface area contributed by atoms with E-state index in [0.717, 1.165) is 39.4 Å². The van der Waals surface area contributed by atoms with Crippen molar-refractivity contribution >= 4 is 23.3 Å². The highest BCUT2D eigenvalue weighted by atomic mass is 32.1. The van der Waals surface area contributed by atoms with E-state index in [2.05, 4.69) is 41.8 Å². The fourth-order valence-electron chi connectivity index (χ4n) is 4.81. The Labute approximate surface area is 229 Å². The van der Waals surface area contributed by atoms with Gasteiger partial charge in [-0.1, -0.05) is 36.5 Å². The van der Waals surface area contributed by atoms with Gasteiger partial charge in [0.15, 0.2) is 0 Å². The van der Waals surface area contributed by atoms with Crippen LogP contribution in [0.15, 0.2) is 65.7 Å². The quantitative estimate of drug-likeness (QED) is 0.181. The molecular weight excluding hydrogens is 523 g/mol. The van der Waals surface area contributed by atoms with Crippen LogP contribution >= 0.6 is 12.2 Å². The fraction of sp³-hybridized carbons (Fsp3) is 0.233. The van der Waals surface area contributed by atoms with Crippen molar-refractivity contribution < 1.29 is 22.6 Å².